The largest absolute Gasteiger partial charge is 0.303 e. The highest BCUT2D eigenvalue weighted by Crippen LogP contribution is 2.25. The highest BCUT2D eigenvalue weighted by Gasteiger charge is 2.10. The molecule has 1 saturated heterocycles. The van der Waals surface area contributed by atoms with Gasteiger partial charge in [0.05, 0.1) is 6.20 Å². The molecule has 1 aliphatic rings. The van der Waals surface area contributed by atoms with Crippen LogP contribution in [-0.2, 0) is 6.42 Å². The van der Waals surface area contributed by atoms with Crippen molar-refractivity contribution in [2.45, 2.75) is 32.1 Å². The van der Waals surface area contributed by atoms with E-state index in [1.807, 2.05) is 35.1 Å². The zero-order valence-electron chi connectivity index (χ0n) is 17.4. The molecule has 152 valence electrons. The molecule has 4 nitrogen and oxygen atoms in total. The minimum Gasteiger partial charge on any atom is -0.303 e. The van der Waals surface area contributed by atoms with Crippen LogP contribution in [0.5, 0.6) is 0 Å². The fourth-order valence-electron chi connectivity index (χ4n) is 4.40. The van der Waals surface area contributed by atoms with Crippen LogP contribution in [0.4, 0.5) is 0 Å². The first-order valence-electron chi connectivity index (χ1n) is 11.1. The van der Waals surface area contributed by atoms with Gasteiger partial charge in [-0.1, -0.05) is 61.0 Å². The predicted molar refractivity (Wildman–Crippen MR) is 122 cm³/mol. The zero-order valence-corrected chi connectivity index (χ0v) is 17.4. The maximum atomic E-state index is 4.71. The maximum absolute atomic E-state index is 4.71. The molecule has 3 heterocycles. The van der Waals surface area contributed by atoms with Gasteiger partial charge in [0.25, 0.3) is 0 Å². The molecule has 1 aliphatic heterocycles. The van der Waals surface area contributed by atoms with Crippen molar-refractivity contribution in [3.05, 3.63) is 78.8 Å². The van der Waals surface area contributed by atoms with Crippen LogP contribution in [0.15, 0.2) is 73.2 Å². The topological polar surface area (TPSA) is 33.4 Å². The molecule has 30 heavy (non-hydrogen) atoms. The molecule has 4 aromatic rings. The Labute approximate surface area is 178 Å². The summed E-state index contributed by atoms with van der Waals surface area (Å²) >= 11 is 0. The molecule has 0 unspecified atom stereocenters. The fourth-order valence-corrected chi connectivity index (χ4v) is 4.40. The Hall–Kier alpha value is -2.98. The number of hydrogen-bond acceptors (Lipinski definition) is 3. The van der Waals surface area contributed by atoms with Gasteiger partial charge in [-0.05, 0) is 62.0 Å². The first-order valence-corrected chi connectivity index (χ1v) is 11.1. The quantitative estimate of drug-likeness (QED) is 0.433. The van der Waals surface area contributed by atoms with Crippen molar-refractivity contribution in [2.24, 2.45) is 0 Å². The lowest BCUT2D eigenvalue weighted by Crippen LogP contribution is -2.30. The van der Waals surface area contributed by atoms with Gasteiger partial charge in [-0.2, -0.15) is 5.10 Å². The summed E-state index contributed by atoms with van der Waals surface area (Å²) < 4.78 is 1.88. The van der Waals surface area contributed by atoms with Gasteiger partial charge in [0.15, 0.2) is 5.65 Å². The van der Waals surface area contributed by atoms with Gasteiger partial charge in [-0.15, -0.1) is 0 Å². The molecule has 0 atom stereocenters. The van der Waals surface area contributed by atoms with Crippen molar-refractivity contribution in [2.75, 3.05) is 19.6 Å². The zero-order chi connectivity index (χ0) is 20.2. The lowest BCUT2D eigenvalue weighted by molar-refractivity contribution is 0.226. The van der Waals surface area contributed by atoms with Crippen molar-refractivity contribution < 1.29 is 0 Å². The Morgan fingerprint density at radius 2 is 1.57 bits per heavy atom. The monoisotopic (exact) mass is 396 g/mol. The highest BCUT2D eigenvalue weighted by atomic mass is 15.2. The summed E-state index contributed by atoms with van der Waals surface area (Å²) in [6.07, 6.45) is 12.5. The molecule has 0 radical (unpaired) electrons. The van der Waals surface area contributed by atoms with E-state index in [2.05, 4.69) is 52.6 Å². The molecule has 1 fully saturated rings. The molecule has 0 spiro atoms. The molecular formula is C26H28N4. The van der Waals surface area contributed by atoms with Crippen LogP contribution in [0.3, 0.4) is 0 Å². The molecule has 4 heteroatoms. The SMILES string of the molecule is c1ccc(-c2cnn3cc(-c4ccc(CCCN5CCCCC5)cc4)cnc23)cc1. The van der Waals surface area contributed by atoms with Crippen molar-refractivity contribution in [3.8, 4) is 22.3 Å². The number of aromatic nitrogens is 3. The molecule has 0 aliphatic carbocycles. The molecule has 0 saturated carbocycles. The van der Waals surface area contributed by atoms with E-state index in [-0.39, 0.29) is 0 Å². The third-order valence-corrected chi connectivity index (χ3v) is 6.12. The van der Waals surface area contributed by atoms with Gasteiger partial charge < -0.3 is 4.90 Å². The van der Waals surface area contributed by atoms with Gasteiger partial charge in [-0.25, -0.2) is 9.50 Å². The Morgan fingerprint density at radius 1 is 0.767 bits per heavy atom. The van der Waals surface area contributed by atoms with E-state index < -0.39 is 0 Å². The highest BCUT2D eigenvalue weighted by molar-refractivity contribution is 5.77. The molecule has 0 bridgehead atoms. The van der Waals surface area contributed by atoms with E-state index in [0.717, 1.165) is 28.8 Å². The maximum Gasteiger partial charge on any atom is 0.162 e. The van der Waals surface area contributed by atoms with E-state index in [4.69, 9.17) is 4.98 Å². The average Bonchev–Trinajstić information content (AvgIpc) is 3.24. The van der Waals surface area contributed by atoms with E-state index in [1.165, 1.54) is 56.4 Å². The van der Waals surface area contributed by atoms with Crippen molar-refractivity contribution in [3.63, 3.8) is 0 Å². The summed E-state index contributed by atoms with van der Waals surface area (Å²) in [5.41, 5.74) is 6.77. The number of piperidine rings is 1. The van der Waals surface area contributed by atoms with E-state index >= 15 is 0 Å². The standard InChI is InChI=1S/C26H28N4/c1-3-9-23(10-4-1)25-19-28-30-20-24(18-27-26(25)30)22-13-11-21(12-14-22)8-7-17-29-15-5-2-6-16-29/h1,3-4,9-14,18-20H,2,5-8,15-17H2. The summed E-state index contributed by atoms with van der Waals surface area (Å²) in [6.45, 7) is 3.80. The van der Waals surface area contributed by atoms with Crippen LogP contribution < -0.4 is 0 Å². The first-order chi connectivity index (χ1) is 14.9. The Balaban J connectivity index is 1.27. The normalized spacial score (nSPS) is 14.9. The minimum atomic E-state index is 0.888. The number of fused-ring (bicyclic) bond motifs is 1. The fraction of sp³-hybridized carbons (Fsp3) is 0.308. The summed E-state index contributed by atoms with van der Waals surface area (Å²) in [5.74, 6) is 0. The van der Waals surface area contributed by atoms with Crippen LogP contribution in [0.2, 0.25) is 0 Å². The Kier molecular flexibility index (Phi) is 5.58. The number of benzene rings is 2. The second-order valence-corrected chi connectivity index (χ2v) is 8.24. The smallest absolute Gasteiger partial charge is 0.162 e. The lowest BCUT2D eigenvalue weighted by Gasteiger charge is -2.26. The predicted octanol–water partition coefficient (Wildman–Crippen LogP) is 5.48. The summed E-state index contributed by atoms with van der Waals surface area (Å²) in [5, 5.41) is 4.53. The minimum absolute atomic E-state index is 0.888. The summed E-state index contributed by atoms with van der Waals surface area (Å²) in [4.78, 5) is 7.33. The lowest BCUT2D eigenvalue weighted by atomic mass is 10.0. The van der Waals surface area contributed by atoms with E-state index in [9.17, 15) is 0 Å². The van der Waals surface area contributed by atoms with Gasteiger partial charge >= 0.3 is 0 Å². The van der Waals surface area contributed by atoms with Gasteiger partial charge in [0.1, 0.15) is 0 Å². The van der Waals surface area contributed by atoms with Crippen molar-refractivity contribution in [1.82, 2.24) is 19.5 Å². The molecule has 2 aromatic carbocycles. The van der Waals surface area contributed by atoms with Gasteiger partial charge in [0.2, 0.25) is 0 Å². The number of aryl methyl sites for hydroxylation is 1. The number of nitrogens with zero attached hydrogens (tertiary/aromatic N) is 4. The van der Waals surface area contributed by atoms with Crippen molar-refractivity contribution in [1.29, 1.82) is 0 Å². The molecule has 5 rings (SSSR count). The average molecular weight is 397 g/mol. The van der Waals surface area contributed by atoms with Gasteiger partial charge in [0, 0.05) is 23.5 Å². The van der Waals surface area contributed by atoms with E-state index in [0.29, 0.717) is 0 Å². The third kappa shape index (κ3) is 4.14. The summed E-state index contributed by atoms with van der Waals surface area (Å²) in [7, 11) is 0. The number of likely N-dealkylation sites (tertiary alicyclic amines) is 1. The van der Waals surface area contributed by atoms with E-state index in [1.54, 1.807) is 0 Å². The summed E-state index contributed by atoms with van der Waals surface area (Å²) in [6, 6.07) is 19.2. The molecular weight excluding hydrogens is 368 g/mol. The second-order valence-electron chi connectivity index (χ2n) is 8.24. The van der Waals surface area contributed by atoms with Crippen LogP contribution in [0.1, 0.15) is 31.2 Å². The third-order valence-electron chi connectivity index (χ3n) is 6.12. The Bertz CT molecular complexity index is 1090. The van der Waals surface area contributed by atoms with Crippen LogP contribution >= 0.6 is 0 Å². The van der Waals surface area contributed by atoms with Crippen molar-refractivity contribution >= 4 is 5.65 Å². The van der Waals surface area contributed by atoms with Crippen LogP contribution in [0, 0.1) is 0 Å². The molecule has 2 aromatic heterocycles. The van der Waals surface area contributed by atoms with Crippen LogP contribution in [-0.4, -0.2) is 39.1 Å². The van der Waals surface area contributed by atoms with Gasteiger partial charge in [-0.3, -0.25) is 0 Å². The number of rotatable bonds is 6. The van der Waals surface area contributed by atoms with Crippen LogP contribution in [0.25, 0.3) is 27.9 Å². The Morgan fingerprint density at radius 3 is 2.37 bits per heavy atom. The molecule has 0 N–H and O–H groups in total. The second kappa shape index (κ2) is 8.80. The number of hydrogen-bond donors (Lipinski definition) is 0. The molecule has 0 amide bonds. The first kappa shape index (κ1) is 19.0.